The van der Waals surface area contributed by atoms with Crippen LogP contribution in [-0.4, -0.2) is 27.3 Å². The minimum Gasteiger partial charge on any atom is -0.282 e. The smallest absolute Gasteiger partial charge is 0.240 e. The summed E-state index contributed by atoms with van der Waals surface area (Å²) in [7, 11) is 0. The number of aromatic amines is 1. The maximum absolute atomic E-state index is 11.7. The summed E-state index contributed by atoms with van der Waals surface area (Å²) in [5.74, 6) is -0.115. The number of nitrogens with zero attached hydrogens (tertiary/aromatic N) is 3. The zero-order valence-electron chi connectivity index (χ0n) is 11.6. The van der Waals surface area contributed by atoms with Gasteiger partial charge in [0.05, 0.1) is 11.9 Å². The Kier molecular flexibility index (Phi) is 4.60. The number of amides is 1. The van der Waals surface area contributed by atoms with Gasteiger partial charge in [0.1, 0.15) is 0 Å². The zero-order valence-corrected chi connectivity index (χ0v) is 11.6. The fourth-order valence-electron chi connectivity index (χ4n) is 1.87. The van der Waals surface area contributed by atoms with Gasteiger partial charge in [0.25, 0.3) is 0 Å². The number of carbonyl (C=O) groups is 1. The maximum atomic E-state index is 11.7. The van der Waals surface area contributed by atoms with Gasteiger partial charge in [-0.05, 0) is 43.5 Å². The molecule has 2 N–H and O–H groups in total. The maximum Gasteiger partial charge on any atom is 0.240 e. The molecule has 1 amide bonds. The minimum atomic E-state index is -0.115. The highest BCUT2D eigenvalue weighted by Crippen LogP contribution is 2.11. The molecule has 0 aliphatic rings. The van der Waals surface area contributed by atoms with Crippen LogP contribution in [0.4, 0.5) is 0 Å². The van der Waals surface area contributed by atoms with E-state index >= 15 is 0 Å². The predicted octanol–water partition coefficient (Wildman–Crippen LogP) is 1.50. The van der Waals surface area contributed by atoms with Crippen molar-refractivity contribution in [3.8, 4) is 0 Å². The van der Waals surface area contributed by atoms with Crippen LogP contribution < -0.4 is 5.43 Å². The molecule has 0 spiro atoms. The predicted molar refractivity (Wildman–Crippen MR) is 76.4 cm³/mol. The van der Waals surface area contributed by atoms with E-state index in [9.17, 15) is 4.79 Å². The average molecular weight is 271 g/mol. The van der Waals surface area contributed by atoms with Gasteiger partial charge in [-0.15, -0.1) is 0 Å². The zero-order chi connectivity index (χ0) is 14.4. The lowest BCUT2D eigenvalue weighted by molar-refractivity contribution is -0.121. The monoisotopic (exact) mass is 271 g/mol. The lowest BCUT2D eigenvalue weighted by atomic mass is 10.1. The minimum absolute atomic E-state index is 0.115. The molecule has 0 aromatic carbocycles. The van der Waals surface area contributed by atoms with E-state index in [1.807, 2.05) is 26.0 Å². The van der Waals surface area contributed by atoms with E-state index in [0.29, 0.717) is 12.8 Å². The highest BCUT2D eigenvalue weighted by Gasteiger charge is 2.08. The first-order valence-corrected chi connectivity index (χ1v) is 6.39. The SMILES string of the molecule is Cc1n[nH]c(C)c1CCC(=O)N/N=C/c1ccncc1. The summed E-state index contributed by atoms with van der Waals surface area (Å²) >= 11 is 0. The Morgan fingerprint density at radius 3 is 2.80 bits per heavy atom. The molecule has 0 saturated heterocycles. The topological polar surface area (TPSA) is 83.0 Å². The van der Waals surface area contributed by atoms with Gasteiger partial charge >= 0.3 is 0 Å². The summed E-state index contributed by atoms with van der Waals surface area (Å²) in [6.07, 6.45) is 5.98. The lowest BCUT2D eigenvalue weighted by Gasteiger charge is -2.01. The fourth-order valence-corrected chi connectivity index (χ4v) is 1.87. The van der Waals surface area contributed by atoms with Crippen LogP contribution in [0.1, 0.15) is 28.9 Å². The van der Waals surface area contributed by atoms with Crippen molar-refractivity contribution < 1.29 is 4.79 Å². The van der Waals surface area contributed by atoms with Crippen molar-refractivity contribution in [3.63, 3.8) is 0 Å². The molecule has 0 unspecified atom stereocenters. The van der Waals surface area contributed by atoms with E-state index in [4.69, 9.17) is 0 Å². The molecular formula is C14H17N5O. The van der Waals surface area contributed by atoms with Crippen LogP contribution in [0.25, 0.3) is 0 Å². The van der Waals surface area contributed by atoms with Crippen molar-refractivity contribution in [2.45, 2.75) is 26.7 Å². The third kappa shape index (κ3) is 3.74. The first kappa shape index (κ1) is 13.9. The normalized spacial score (nSPS) is 10.9. The highest BCUT2D eigenvalue weighted by atomic mass is 16.2. The van der Waals surface area contributed by atoms with Crippen molar-refractivity contribution in [1.82, 2.24) is 20.6 Å². The molecule has 6 nitrogen and oxygen atoms in total. The first-order valence-electron chi connectivity index (χ1n) is 6.39. The van der Waals surface area contributed by atoms with Crippen molar-refractivity contribution >= 4 is 12.1 Å². The first-order chi connectivity index (χ1) is 9.66. The third-order valence-corrected chi connectivity index (χ3v) is 2.99. The standard InChI is InChI=1S/C14H17N5O/c1-10-13(11(2)18-17-10)3-4-14(20)19-16-9-12-5-7-15-8-6-12/h5-9H,3-4H2,1-2H3,(H,17,18)(H,19,20)/b16-9+. The molecule has 6 heteroatoms. The fraction of sp³-hybridized carbons (Fsp3) is 0.286. The van der Waals surface area contributed by atoms with Crippen molar-refractivity contribution in [2.24, 2.45) is 5.10 Å². The third-order valence-electron chi connectivity index (χ3n) is 2.99. The number of aromatic nitrogens is 3. The molecule has 2 heterocycles. The second-order valence-electron chi connectivity index (χ2n) is 4.49. The molecule has 0 radical (unpaired) electrons. The number of hydrazone groups is 1. The van der Waals surface area contributed by atoms with Crippen LogP contribution in [0.15, 0.2) is 29.6 Å². The van der Waals surface area contributed by atoms with E-state index in [1.54, 1.807) is 18.6 Å². The second-order valence-corrected chi connectivity index (χ2v) is 4.49. The lowest BCUT2D eigenvalue weighted by Crippen LogP contribution is -2.18. The van der Waals surface area contributed by atoms with Gasteiger partial charge in [-0.3, -0.25) is 14.9 Å². The Balaban J connectivity index is 1.80. The van der Waals surface area contributed by atoms with Gasteiger partial charge < -0.3 is 0 Å². The highest BCUT2D eigenvalue weighted by molar-refractivity contribution is 5.82. The molecule has 2 aromatic heterocycles. The Labute approximate surface area is 117 Å². The van der Waals surface area contributed by atoms with Gasteiger partial charge in [-0.25, -0.2) is 5.43 Å². The molecular weight excluding hydrogens is 254 g/mol. The van der Waals surface area contributed by atoms with Crippen LogP contribution in [0.3, 0.4) is 0 Å². The summed E-state index contributed by atoms with van der Waals surface area (Å²) in [6, 6.07) is 3.63. The molecule has 0 atom stereocenters. The largest absolute Gasteiger partial charge is 0.282 e. The number of pyridine rings is 1. The van der Waals surface area contributed by atoms with Crippen LogP contribution in [0, 0.1) is 13.8 Å². The molecule has 2 aromatic rings. The molecule has 0 saturated carbocycles. The van der Waals surface area contributed by atoms with E-state index in [-0.39, 0.29) is 5.91 Å². The molecule has 104 valence electrons. The molecule has 20 heavy (non-hydrogen) atoms. The number of hydrogen-bond donors (Lipinski definition) is 2. The molecule has 0 bridgehead atoms. The number of aryl methyl sites for hydroxylation is 2. The number of rotatable bonds is 5. The van der Waals surface area contributed by atoms with E-state index in [2.05, 4.69) is 25.7 Å². The number of hydrogen-bond acceptors (Lipinski definition) is 4. The van der Waals surface area contributed by atoms with Gasteiger partial charge in [0.15, 0.2) is 0 Å². The van der Waals surface area contributed by atoms with E-state index in [0.717, 1.165) is 22.5 Å². The van der Waals surface area contributed by atoms with Crippen LogP contribution in [0.5, 0.6) is 0 Å². The Hall–Kier alpha value is -2.50. The van der Waals surface area contributed by atoms with E-state index < -0.39 is 0 Å². The van der Waals surface area contributed by atoms with Crippen molar-refractivity contribution in [2.75, 3.05) is 0 Å². The summed E-state index contributed by atoms with van der Waals surface area (Å²) in [5.41, 5.74) is 6.45. The van der Waals surface area contributed by atoms with Gasteiger partial charge in [0.2, 0.25) is 5.91 Å². The molecule has 0 fully saturated rings. The number of carbonyl (C=O) groups excluding carboxylic acids is 1. The number of nitrogens with one attached hydrogen (secondary N) is 2. The van der Waals surface area contributed by atoms with E-state index in [1.165, 1.54) is 0 Å². The Morgan fingerprint density at radius 2 is 2.15 bits per heavy atom. The summed E-state index contributed by atoms with van der Waals surface area (Å²) in [4.78, 5) is 15.6. The summed E-state index contributed by atoms with van der Waals surface area (Å²) < 4.78 is 0. The van der Waals surface area contributed by atoms with Crippen LogP contribution in [-0.2, 0) is 11.2 Å². The van der Waals surface area contributed by atoms with Crippen molar-refractivity contribution in [1.29, 1.82) is 0 Å². The molecule has 0 aliphatic heterocycles. The van der Waals surface area contributed by atoms with Gasteiger partial charge in [-0.2, -0.15) is 10.2 Å². The molecule has 0 aliphatic carbocycles. The van der Waals surface area contributed by atoms with Crippen LogP contribution in [0.2, 0.25) is 0 Å². The quantitative estimate of drug-likeness (QED) is 0.638. The van der Waals surface area contributed by atoms with Gasteiger partial charge in [-0.1, -0.05) is 0 Å². The second kappa shape index (κ2) is 6.60. The van der Waals surface area contributed by atoms with Gasteiger partial charge in [0, 0.05) is 24.5 Å². The Morgan fingerprint density at radius 1 is 1.40 bits per heavy atom. The number of H-pyrrole nitrogens is 1. The molecule has 2 rings (SSSR count). The van der Waals surface area contributed by atoms with Crippen molar-refractivity contribution in [3.05, 3.63) is 47.0 Å². The summed E-state index contributed by atoms with van der Waals surface area (Å²) in [6.45, 7) is 3.88. The Bertz CT molecular complexity index is 584. The summed E-state index contributed by atoms with van der Waals surface area (Å²) in [5, 5.41) is 10.9. The van der Waals surface area contributed by atoms with Crippen LogP contribution >= 0.6 is 0 Å². The average Bonchev–Trinajstić information content (AvgIpc) is 2.77.